The van der Waals surface area contributed by atoms with Gasteiger partial charge in [-0.1, -0.05) is 11.6 Å². The standard InChI is InChI=1S/C13H14ClN3O4/c1-15-12(18)11-3-2-6-16(11)13(19)9-7-8(17(20)21)4-5-10(9)14/h4-5,7,11H,2-3,6H2,1H3,(H,15,18). The molecular formula is C13H14ClN3O4. The van der Waals surface area contributed by atoms with Crippen molar-refractivity contribution in [3.05, 3.63) is 38.9 Å². The predicted molar refractivity (Wildman–Crippen MR) is 76.2 cm³/mol. The van der Waals surface area contributed by atoms with Crippen LogP contribution in [0.25, 0.3) is 0 Å². The quantitative estimate of drug-likeness (QED) is 0.678. The Bertz CT molecular complexity index is 605. The van der Waals surface area contributed by atoms with Crippen LogP contribution in [0.4, 0.5) is 5.69 Å². The van der Waals surface area contributed by atoms with Gasteiger partial charge in [0, 0.05) is 25.7 Å². The number of carbonyl (C=O) groups excluding carboxylic acids is 2. The van der Waals surface area contributed by atoms with Gasteiger partial charge in [-0.05, 0) is 18.9 Å². The van der Waals surface area contributed by atoms with Crippen molar-refractivity contribution in [1.82, 2.24) is 10.2 Å². The summed E-state index contributed by atoms with van der Waals surface area (Å²) in [6.07, 6.45) is 1.27. The van der Waals surface area contributed by atoms with Crippen LogP contribution in [0.1, 0.15) is 23.2 Å². The van der Waals surface area contributed by atoms with E-state index in [1.165, 1.54) is 24.1 Å². The van der Waals surface area contributed by atoms with Crippen molar-refractivity contribution < 1.29 is 14.5 Å². The third-order valence-corrected chi connectivity index (χ3v) is 3.78. The third kappa shape index (κ3) is 2.97. The molecule has 1 aliphatic rings. The maximum absolute atomic E-state index is 12.5. The van der Waals surface area contributed by atoms with Crippen molar-refractivity contribution in [2.75, 3.05) is 13.6 Å². The van der Waals surface area contributed by atoms with Gasteiger partial charge >= 0.3 is 0 Å². The van der Waals surface area contributed by atoms with Crippen LogP contribution in [0.5, 0.6) is 0 Å². The number of nitrogens with one attached hydrogen (secondary N) is 1. The van der Waals surface area contributed by atoms with Crippen LogP contribution >= 0.6 is 11.6 Å². The summed E-state index contributed by atoms with van der Waals surface area (Å²) in [4.78, 5) is 35.9. The minimum absolute atomic E-state index is 0.0432. The number of hydrogen-bond acceptors (Lipinski definition) is 4. The number of halogens is 1. The van der Waals surface area contributed by atoms with E-state index in [0.717, 1.165) is 6.07 Å². The van der Waals surface area contributed by atoms with Crippen LogP contribution in [0.2, 0.25) is 5.02 Å². The van der Waals surface area contributed by atoms with E-state index in [2.05, 4.69) is 5.32 Å². The largest absolute Gasteiger partial charge is 0.357 e. The Kier molecular flexibility index (Phi) is 4.42. The number of benzene rings is 1. The van der Waals surface area contributed by atoms with E-state index < -0.39 is 16.9 Å². The number of amides is 2. The van der Waals surface area contributed by atoms with E-state index in [1.807, 2.05) is 0 Å². The van der Waals surface area contributed by atoms with E-state index in [4.69, 9.17) is 11.6 Å². The molecule has 8 heteroatoms. The first-order valence-corrected chi connectivity index (χ1v) is 6.80. The molecule has 1 saturated heterocycles. The summed E-state index contributed by atoms with van der Waals surface area (Å²) < 4.78 is 0. The topological polar surface area (TPSA) is 92.6 Å². The lowest BCUT2D eigenvalue weighted by atomic mass is 10.1. The maximum Gasteiger partial charge on any atom is 0.270 e. The molecule has 1 atom stereocenters. The molecule has 1 N–H and O–H groups in total. The zero-order chi connectivity index (χ0) is 15.6. The second kappa shape index (κ2) is 6.09. The Morgan fingerprint density at radius 2 is 2.19 bits per heavy atom. The summed E-state index contributed by atoms with van der Waals surface area (Å²) in [5, 5.41) is 13.4. The summed E-state index contributed by atoms with van der Waals surface area (Å²) >= 11 is 5.96. The van der Waals surface area contributed by atoms with E-state index in [1.54, 1.807) is 0 Å². The second-order valence-corrected chi connectivity index (χ2v) is 5.10. The molecule has 0 spiro atoms. The molecule has 2 amide bonds. The van der Waals surface area contributed by atoms with Gasteiger partial charge in [-0.15, -0.1) is 0 Å². The fraction of sp³-hybridized carbons (Fsp3) is 0.385. The SMILES string of the molecule is CNC(=O)C1CCCN1C(=O)c1cc([N+](=O)[O-])ccc1Cl. The lowest BCUT2D eigenvalue weighted by molar-refractivity contribution is -0.384. The second-order valence-electron chi connectivity index (χ2n) is 4.69. The molecule has 0 aliphatic carbocycles. The van der Waals surface area contributed by atoms with Crippen molar-refractivity contribution in [1.29, 1.82) is 0 Å². The molecule has 0 bridgehead atoms. The van der Waals surface area contributed by atoms with Gasteiger partial charge in [0.15, 0.2) is 0 Å². The van der Waals surface area contributed by atoms with E-state index in [-0.39, 0.29) is 22.2 Å². The van der Waals surface area contributed by atoms with Crippen LogP contribution < -0.4 is 5.32 Å². The number of likely N-dealkylation sites (tertiary alicyclic amines) is 1. The Balaban J connectivity index is 2.33. The minimum atomic E-state index is -0.590. The van der Waals surface area contributed by atoms with Gasteiger partial charge in [-0.2, -0.15) is 0 Å². The third-order valence-electron chi connectivity index (χ3n) is 3.45. The summed E-state index contributed by atoms with van der Waals surface area (Å²) in [5.41, 5.74) is -0.167. The van der Waals surface area contributed by atoms with Gasteiger partial charge in [-0.3, -0.25) is 19.7 Å². The summed E-state index contributed by atoms with van der Waals surface area (Å²) in [7, 11) is 1.50. The molecule has 21 heavy (non-hydrogen) atoms. The molecule has 1 aromatic rings. The Hall–Kier alpha value is -2.15. The molecule has 1 aliphatic heterocycles. The number of carbonyl (C=O) groups is 2. The maximum atomic E-state index is 12.5. The van der Waals surface area contributed by atoms with Crippen LogP contribution in [-0.2, 0) is 4.79 Å². The number of hydrogen-bond donors (Lipinski definition) is 1. The smallest absolute Gasteiger partial charge is 0.270 e. The van der Waals surface area contributed by atoms with Crippen LogP contribution in [-0.4, -0.2) is 41.3 Å². The predicted octanol–water partition coefficient (Wildman–Crippen LogP) is 1.60. The fourth-order valence-corrected chi connectivity index (χ4v) is 2.59. The van der Waals surface area contributed by atoms with Gasteiger partial charge in [-0.25, -0.2) is 0 Å². The van der Waals surface area contributed by atoms with E-state index in [0.29, 0.717) is 19.4 Å². The van der Waals surface area contributed by atoms with Gasteiger partial charge in [0.25, 0.3) is 11.6 Å². The molecule has 0 saturated carbocycles. The highest BCUT2D eigenvalue weighted by atomic mass is 35.5. The molecule has 112 valence electrons. The summed E-state index contributed by atoms with van der Waals surface area (Å²) in [6.45, 7) is 0.427. The van der Waals surface area contributed by atoms with Gasteiger partial charge in [0.2, 0.25) is 5.91 Å². The van der Waals surface area contributed by atoms with Crippen molar-refractivity contribution in [2.45, 2.75) is 18.9 Å². The number of nitro benzene ring substituents is 1. The summed E-state index contributed by atoms with van der Waals surface area (Å²) in [5.74, 6) is -0.711. The normalized spacial score (nSPS) is 17.6. The van der Waals surface area contributed by atoms with Crippen molar-refractivity contribution in [2.24, 2.45) is 0 Å². The number of likely N-dealkylation sites (N-methyl/N-ethyl adjacent to an activating group) is 1. The van der Waals surface area contributed by atoms with Crippen molar-refractivity contribution in [3.8, 4) is 0 Å². The van der Waals surface area contributed by atoms with Gasteiger partial charge < -0.3 is 10.2 Å². The first-order valence-electron chi connectivity index (χ1n) is 6.42. The number of rotatable bonds is 3. The highest BCUT2D eigenvalue weighted by Crippen LogP contribution is 2.27. The summed E-state index contributed by atoms with van der Waals surface area (Å²) in [6, 6.07) is 3.14. The lowest BCUT2D eigenvalue weighted by Gasteiger charge is -2.23. The van der Waals surface area contributed by atoms with Crippen LogP contribution in [0.15, 0.2) is 18.2 Å². The first kappa shape index (κ1) is 15.2. The highest BCUT2D eigenvalue weighted by molar-refractivity contribution is 6.34. The average molecular weight is 312 g/mol. The Morgan fingerprint density at radius 1 is 1.48 bits per heavy atom. The lowest BCUT2D eigenvalue weighted by Crippen LogP contribution is -2.45. The number of nitro groups is 1. The fourth-order valence-electron chi connectivity index (χ4n) is 2.39. The number of nitrogens with zero attached hydrogens (tertiary/aromatic N) is 2. The zero-order valence-corrected chi connectivity index (χ0v) is 12.1. The van der Waals surface area contributed by atoms with Crippen LogP contribution in [0, 0.1) is 10.1 Å². The van der Waals surface area contributed by atoms with E-state index >= 15 is 0 Å². The van der Waals surface area contributed by atoms with E-state index in [9.17, 15) is 19.7 Å². The molecular weight excluding hydrogens is 298 g/mol. The molecule has 1 fully saturated rings. The first-order chi connectivity index (χ1) is 9.95. The molecule has 0 aromatic heterocycles. The van der Waals surface area contributed by atoms with Crippen molar-refractivity contribution >= 4 is 29.1 Å². The molecule has 1 aromatic carbocycles. The Morgan fingerprint density at radius 3 is 2.81 bits per heavy atom. The molecule has 1 unspecified atom stereocenters. The van der Waals surface area contributed by atoms with Crippen molar-refractivity contribution in [3.63, 3.8) is 0 Å². The van der Waals surface area contributed by atoms with Gasteiger partial charge in [0.05, 0.1) is 15.5 Å². The van der Waals surface area contributed by atoms with Gasteiger partial charge in [0.1, 0.15) is 6.04 Å². The molecule has 1 heterocycles. The monoisotopic (exact) mass is 311 g/mol. The minimum Gasteiger partial charge on any atom is -0.357 e. The molecule has 0 radical (unpaired) electrons. The van der Waals surface area contributed by atoms with Crippen LogP contribution in [0.3, 0.4) is 0 Å². The molecule has 2 rings (SSSR count). The number of non-ortho nitro benzene ring substituents is 1. The average Bonchev–Trinajstić information content (AvgIpc) is 2.95. The zero-order valence-electron chi connectivity index (χ0n) is 11.3. The Labute approximate surface area is 126 Å². The molecule has 7 nitrogen and oxygen atoms in total. The highest BCUT2D eigenvalue weighted by Gasteiger charge is 2.35.